The van der Waals surface area contributed by atoms with Crippen LogP contribution >= 0.6 is 34.2 Å². The van der Waals surface area contributed by atoms with Crippen LogP contribution in [0.3, 0.4) is 0 Å². The molecule has 5 heteroatoms. The number of aldehydes is 1. The molecule has 0 N–H and O–H groups in total. The van der Waals surface area contributed by atoms with Gasteiger partial charge in [0.15, 0.2) is 12.1 Å². The predicted molar refractivity (Wildman–Crippen MR) is 66.1 cm³/mol. The van der Waals surface area contributed by atoms with E-state index in [1.807, 2.05) is 22.6 Å². The molecule has 0 radical (unpaired) electrons. The lowest BCUT2D eigenvalue weighted by molar-refractivity contribution is 0.101. The Labute approximate surface area is 106 Å². The summed E-state index contributed by atoms with van der Waals surface area (Å²) in [7, 11) is 1.45. The van der Waals surface area contributed by atoms with Crippen LogP contribution in [0.5, 0.6) is 5.75 Å². The molecule has 0 aromatic heterocycles. The first kappa shape index (κ1) is 12.4. The van der Waals surface area contributed by atoms with Gasteiger partial charge >= 0.3 is 0 Å². The molecule has 0 fully saturated rings. The number of Topliss-reactive ketones (excluding diaryl/α,β-unsaturated/α-hetero) is 1. The molecule has 0 amide bonds. The molecule has 15 heavy (non-hydrogen) atoms. The van der Waals surface area contributed by atoms with Gasteiger partial charge in [0.25, 0.3) is 0 Å². The smallest absolute Gasteiger partial charge is 0.182 e. The van der Waals surface area contributed by atoms with Crippen molar-refractivity contribution in [2.24, 2.45) is 0 Å². The predicted octanol–water partition coefficient (Wildman–Crippen LogP) is 2.53. The lowest BCUT2D eigenvalue weighted by atomic mass is 10.0. The first-order chi connectivity index (χ1) is 7.13. The first-order valence-corrected chi connectivity index (χ1v) is 5.67. The maximum Gasteiger partial charge on any atom is 0.182 e. The van der Waals surface area contributed by atoms with E-state index in [1.54, 1.807) is 12.1 Å². The second-order valence-corrected chi connectivity index (χ2v) is 4.26. The van der Waals surface area contributed by atoms with Crippen LogP contribution in [-0.2, 0) is 0 Å². The van der Waals surface area contributed by atoms with Gasteiger partial charge in [0.2, 0.25) is 0 Å². The third kappa shape index (κ3) is 2.69. The third-order valence-electron chi connectivity index (χ3n) is 1.84. The van der Waals surface area contributed by atoms with E-state index in [0.29, 0.717) is 17.6 Å². The molecule has 0 aliphatic heterocycles. The number of ketones is 1. The van der Waals surface area contributed by atoms with Crippen molar-refractivity contribution in [2.75, 3.05) is 13.0 Å². The highest BCUT2D eigenvalue weighted by Crippen LogP contribution is 2.25. The molecular formula is C10H8ClIO3. The second-order valence-electron chi connectivity index (χ2n) is 2.75. The number of alkyl halides is 1. The highest BCUT2D eigenvalue weighted by atomic mass is 127. The Morgan fingerprint density at radius 2 is 2.27 bits per heavy atom. The highest BCUT2D eigenvalue weighted by molar-refractivity contribution is 14.1. The molecule has 0 spiro atoms. The van der Waals surface area contributed by atoms with Crippen molar-refractivity contribution >= 4 is 46.3 Å². The number of rotatable bonds is 4. The van der Waals surface area contributed by atoms with Gasteiger partial charge in [-0.3, -0.25) is 9.59 Å². The summed E-state index contributed by atoms with van der Waals surface area (Å²) >= 11 is 7.51. The van der Waals surface area contributed by atoms with Crippen LogP contribution in [0.15, 0.2) is 12.1 Å². The van der Waals surface area contributed by atoms with Gasteiger partial charge in [0, 0.05) is 9.13 Å². The number of carbonyl (C=O) groups excluding carboxylic acids is 2. The number of hydrogen-bond donors (Lipinski definition) is 0. The van der Waals surface area contributed by atoms with Crippen molar-refractivity contribution in [3.05, 3.63) is 26.8 Å². The molecule has 0 saturated carbocycles. The monoisotopic (exact) mass is 338 g/mol. The Balaban J connectivity index is 3.43. The van der Waals surface area contributed by atoms with E-state index in [2.05, 4.69) is 0 Å². The molecular weight excluding hydrogens is 330 g/mol. The van der Waals surface area contributed by atoms with E-state index in [1.165, 1.54) is 7.11 Å². The van der Waals surface area contributed by atoms with E-state index >= 15 is 0 Å². The normalized spacial score (nSPS) is 9.80. The summed E-state index contributed by atoms with van der Waals surface area (Å²) in [5.74, 6) is -0.0979. The minimum atomic E-state index is -0.313. The molecule has 1 aromatic rings. The number of halogens is 2. The van der Waals surface area contributed by atoms with Gasteiger partial charge in [-0.15, -0.1) is 11.6 Å². The fraction of sp³-hybridized carbons (Fsp3) is 0.200. The zero-order valence-corrected chi connectivity index (χ0v) is 10.8. The average Bonchev–Trinajstić information content (AvgIpc) is 2.26. The van der Waals surface area contributed by atoms with Gasteiger partial charge in [0.05, 0.1) is 18.6 Å². The minimum absolute atomic E-state index is 0.169. The molecule has 0 aliphatic rings. The summed E-state index contributed by atoms with van der Waals surface area (Å²) in [5.41, 5.74) is 0.562. The Morgan fingerprint density at radius 1 is 1.60 bits per heavy atom. The molecule has 80 valence electrons. The SMILES string of the molecule is COc1cc(I)cc(C=O)c1C(=O)CCl. The zero-order valence-electron chi connectivity index (χ0n) is 7.92. The van der Waals surface area contributed by atoms with E-state index < -0.39 is 0 Å². The Bertz CT molecular complexity index is 404. The molecule has 0 atom stereocenters. The van der Waals surface area contributed by atoms with Crippen LogP contribution in [-0.4, -0.2) is 25.1 Å². The van der Waals surface area contributed by atoms with Crippen molar-refractivity contribution in [1.29, 1.82) is 0 Å². The molecule has 3 nitrogen and oxygen atoms in total. The second kappa shape index (κ2) is 5.46. The number of ether oxygens (including phenoxy) is 1. The summed E-state index contributed by atoms with van der Waals surface area (Å²) in [6.07, 6.45) is 0.629. The maximum atomic E-state index is 11.5. The van der Waals surface area contributed by atoms with Crippen LogP contribution in [0.4, 0.5) is 0 Å². The van der Waals surface area contributed by atoms with Crippen molar-refractivity contribution in [1.82, 2.24) is 0 Å². The number of methoxy groups -OCH3 is 1. The van der Waals surface area contributed by atoms with Crippen LogP contribution in [0.1, 0.15) is 20.7 Å². The van der Waals surface area contributed by atoms with Crippen molar-refractivity contribution < 1.29 is 14.3 Å². The quantitative estimate of drug-likeness (QED) is 0.367. The Kier molecular flexibility index (Phi) is 4.53. The standard InChI is InChI=1S/C10H8ClIO3/c1-15-9-3-7(12)2-6(5-13)10(9)8(14)4-11/h2-3,5H,4H2,1H3. The summed E-state index contributed by atoms with van der Waals surface area (Å²) in [6, 6.07) is 3.31. The third-order valence-corrected chi connectivity index (χ3v) is 2.71. The fourth-order valence-electron chi connectivity index (χ4n) is 1.22. The maximum absolute atomic E-state index is 11.5. The lowest BCUT2D eigenvalue weighted by Gasteiger charge is -2.09. The highest BCUT2D eigenvalue weighted by Gasteiger charge is 2.17. The van der Waals surface area contributed by atoms with Gasteiger partial charge < -0.3 is 4.74 Å². The molecule has 0 bridgehead atoms. The topological polar surface area (TPSA) is 43.4 Å². The average molecular weight is 339 g/mol. The van der Waals surface area contributed by atoms with Crippen LogP contribution in [0.25, 0.3) is 0 Å². The fourth-order valence-corrected chi connectivity index (χ4v) is 1.97. The van der Waals surface area contributed by atoms with Crippen molar-refractivity contribution in [3.8, 4) is 5.75 Å². The summed E-state index contributed by atoms with van der Waals surface area (Å²) in [5, 5.41) is 0. The number of benzene rings is 1. The van der Waals surface area contributed by atoms with Crippen LogP contribution in [0, 0.1) is 3.57 Å². The molecule has 0 unspecified atom stereocenters. The number of carbonyl (C=O) groups is 2. The summed E-state index contributed by atoms with van der Waals surface area (Å²) < 4.78 is 5.88. The van der Waals surface area contributed by atoms with E-state index in [9.17, 15) is 9.59 Å². The van der Waals surface area contributed by atoms with Gasteiger partial charge in [-0.05, 0) is 34.7 Å². The largest absolute Gasteiger partial charge is 0.496 e. The first-order valence-electron chi connectivity index (χ1n) is 4.06. The van der Waals surface area contributed by atoms with Gasteiger partial charge in [-0.2, -0.15) is 0 Å². The van der Waals surface area contributed by atoms with E-state index in [4.69, 9.17) is 16.3 Å². The van der Waals surface area contributed by atoms with Crippen molar-refractivity contribution in [3.63, 3.8) is 0 Å². The summed E-state index contributed by atoms with van der Waals surface area (Å²) in [4.78, 5) is 22.3. The lowest BCUT2D eigenvalue weighted by Crippen LogP contribution is -2.08. The van der Waals surface area contributed by atoms with Gasteiger partial charge in [-0.1, -0.05) is 0 Å². The zero-order chi connectivity index (χ0) is 11.4. The molecule has 0 aliphatic carbocycles. The Morgan fingerprint density at radius 3 is 2.73 bits per heavy atom. The Hall–Kier alpha value is -0.620. The van der Waals surface area contributed by atoms with Gasteiger partial charge in [-0.25, -0.2) is 0 Å². The van der Waals surface area contributed by atoms with Crippen molar-refractivity contribution in [2.45, 2.75) is 0 Å². The van der Waals surface area contributed by atoms with Crippen LogP contribution in [0.2, 0.25) is 0 Å². The van der Waals surface area contributed by atoms with E-state index in [0.717, 1.165) is 3.57 Å². The van der Waals surface area contributed by atoms with E-state index in [-0.39, 0.29) is 17.2 Å². The van der Waals surface area contributed by atoms with Gasteiger partial charge in [0.1, 0.15) is 5.75 Å². The number of hydrogen-bond acceptors (Lipinski definition) is 3. The van der Waals surface area contributed by atoms with Crippen LogP contribution < -0.4 is 4.74 Å². The molecule has 1 aromatic carbocycles. The molecule has 0 heterocycles. The molecule has 0 saturated heterocycles. The summed E-state index contributed by atoms with van der Waals surface area (Å²) in [6.45, 7) is 0. The molecule has 1 rings (SSSR count). The minimum Gasteiger partial charge on any atom is -0.496 e.